The Morgan fingerprint density at radius 1 is 1.33 bits per heavy atom. The molecule has 8 heteroatoms. The summed E-state index contributed by atoms with van der Waals surface area (Å²) in [5.41, 5.74) is 0. The van der Waals surface area contributed by atoms with Crippen molar-refractivity contribution in [3.63, 3.8) is 0 Å². The number of aliphatic hydroxyl groups excluding tert-OH is 2. The minimum atomic E-state index is -1.20. The van der Waals surface area contributed by atoms with Gasteiger partial charge in [0.2, 0.25) is 0 Å². The molecular weight excluding hydrogens is 320 g/mol. The van der Waals surface area contributed by atoms with E-state index in [4.69, 9.17) is 42.8 Å². The molecule has 0 radical (unpaired) electrons. The average molecular weight is 335 g/mol. The van der Waals surface area contributed by atoms with Crippen molar-refractivity contribution in [1.82, 2.24) is 0 Å². The second-order valence-electron chi connectivity index (χ2n) is 4.38. The third-order valence-corrected chi connectivity index (χ3v) is 3.34. The van der Waals surface area contributed by atoms with Gasteiger partial charge in [-0.25, -0.2) is 0 Å². The number of ether oxygens (including phenoxy) is 4. The highest BCUT2D eigenvalue weighted by Gasteiger charge is 2.41. The summed E-state index contributed by atoms with van der Waals surface area (Å²) >= 11 is 10.7. The van der Waals surface area contributed by atoms with Gasteiger partial charge >= 0.3 is 5.24 Å². The largest absolute Gasteiger partial charge is 0.445 e. The maximum absolute atomic E-state index is 9.92. The Labute approximate surface area is 132 Å². The van der Waals surface area contributed by atoms with Gasteiger partial charge in [0, 0.05) is 24.4 Å². The van der Waals surface area contributed by atoms with Crippen molar-refractivity contribution in [2.75, 3.05) is 13.7 Å². The fourth-order valence-electron chi connectivity index (χ4n) is 1.83. The Morgan fingerprint density at radius 3 is 2.62 bits per heavy atom. The first-order chi connectivity index (χ1) is 10.0. The molecule has 6 nitrogen and oxygen atoms in total. The molecule has 0 saturated carbocycles. The van der Waals surface area contributed by atoms with Crippen LogP contribution in [0.4, 0.5) is 0 Å². The lowest BCUT2D eigenvalue weighted by Crippen LogP contribution is -2.55. The van der Waals surface area contributed by atoms with Crippen LogP contribution in [0.15, 0.2) is 24.3 Å². The zero-order chi connectivity index (χ0) is 15.4. The molecule has 2 N–H and O–H groups in total. The van der Waals surface area contributed by atoms with Crippen LogP contribution in [0.25, 0.3) is 0 Å². The fraction of sp³-hybridized carbons (Fsp3) is 0.462. The lowest BCUT2D eigenvalue weighted by Gasteiger charge is -2.36. The first-order valence-electron chi connectivity index (χ1n) is 6.16. The third kappa shape index (κ3) is 4.26. The van der Waals surface area contributed by atoms with Gasteiger partial charge in [-0.3, -0.25) is 0 Å². The molecule has 21 heavy (non-hydrogen) atoms. The first-order valence-corrected chi connectivity index (χ1v) is 6.94. The molecule has 4 atom stereocenters. The molecule has 1 aromatic rings. The van der Waals surface area contributed by atoms with E-state index in [1.165, 1.54) is 7.11 Å². The Balaban J connectivity index is 1.97. The smallest absolute Gasteiger partial charge is 0.358 e. The van der Waals surface area contributed by atoms with E-state index < -0.39 is 24.6 Å². The van der Waals surface area contributed by atoms with Gasteiger partial charge in [0.25, 0.3) is 0 Å². The van der Waals surface area contributed by atoms with E-state index in [-0.39, 0.29) is 11.8 Å². The molecular formula is C13H15ClO6S. The highest BCUT2D eigenvalue weighted by molar-refractivity contribution is 7.79. The van der Waals surface area contributed by atoms with Crippen LogP contribution in [0.1, 0.15) is 0 Å². The van der Waals surface area contributed by atoms with Crippen LogP contribution in [-0.4, -0.2) is 53.8 Å². The second-order valence-corrected chi connectivity index (χ2v) is 5.15. The molecule has 1 aliphatic heterocycles. The van der Waals surface area contributed by atoms with Crippen molar-refractivity contribution in [1.29, 1.82) is 0 Å². The molecule has 0 aliphatic carbocycles. The molecule has 0 spiro atoms. The zero-order valence-corrected chi connectivity index (χ0v) is 12.7. The van der Waals surface area contributed by atoms with Crippen LogP contribution in [0.3, 0.4) is 0 Å². The molecule has 116 valence electrons. The predicted octanol–water partition coefficient (Wildman–Crippen LogP) is 1.11. The topological polar surface area (TPSA) is 77.4 Å². The molecule has 1 saturated heterocycles. The minimum Gasteiger partial charge on any atom is -0.445 e. The summed E-state index contributed by atoms with van der Waals surface area (Å²) in [6.45, 7) is -0.0513. The SMILES string of the molecule is CO[C@H]1OC[C@@H](O)[C@H](O)[C@H]1OC(=S)Oc1ccc(Cl)cc1. The highest BCUT2D eigenvalue weighted by Crippen LogP contribution is 2.21. The number of methoxy groups -OCH3 is 1. The zero-order valence-electron chi connectivity index (χ0n) is 11.1. The molecule has 2 rings (SSSR count). The lowest BCUT2D eigenvalue weighted by molar-refractivity contribution is -0.259. The van der Waals surface area contributed by atoms with E-state index in [1.807, 2.05) is 0 Å². The second kappa shape index (κ2) is 7.35. The van der Waals surface area contributed by atoms with E-state index >= 15 is 0 Å². The fourth-order valence-corrected chi connectivity index (χ4v) is 2.16. The number of benzene rings is 1. The van der Waals surface area contributed by atoms with Crippen molar-refractivity contribution in [3.8, 4) is 5.75 Å². The Hall–Kier alpha value is -0.960. The summed E-state index contributed by atoms with van der Waals surface area (Å²) in [6.07, 6.45) is -4.12. The van der Waals surface area contributed by atoms with Crippen molar-refractivity contribution in [2.24, 2.45) is 0 Å². The van der Waals surface area contributed by atoms with Gasteiger partial charge in [-0.2, -0.15) is 0 Å². The average Bonchev–Trinajstić information content (AvgIpc) is 2.47. The summed E-state index contributed by atoms with van der Waals surface area (Å²) in [5.74, 6) is 0.435. The molecule has 1 aliphatic rings. The molecule has 0 aromatic heterocycles. The Bertz CT molecular complexity index is 480. The number of aliphatic hydroxyl groups is 2. The minimum absolute atomic E-state index is 0.0513. The molecule has 1 fully saturated rings. The van der Waals surface area contributed by atoms with Gasteiger partial charge in [-0.15, -0.1) is 0 Å². The number of thiocarbonyl (C=S) groups is 1. The van der Waals surface area contributed by atoms with E-state index in [0.717, 1.165) is 0 Å². The summed E-state index contributed by atoms with van der Waals surface area (Å²) in [6, 6.07) is 6.52. The molecule has 1 heterocycles. The van der Waals surface area contributed by atoms with Crippen molar-refractivity contribution in [3.05, 3.63) is 29.3 Å². The normalized spacial score (nSPS) is 29.0. The number of halogens is 1. The van der Waals surface area contributed by atoms with Crippen molar-refractivity contribution in [2.45, 2.75) is 24.6 Å². The van der Waals surface area contributed by atoms with Crippen LogP contribution >= 0.6 is 23.8 Å². The highest BCUT2D eigenvalue weighted by atomic mass is 35.5. The Kier molecular flexibility index (Phi) is 5.74. The molecule has 0 bridgehead atoms. The van der Waals surface area contributed by atoms with E-state index in [1.54, 1.807) is 24.3 Å². The van der Waals surface area contributed by atoms with Crippen LogP contribution in [0.2, 0.25) is 5.02 Å². The quantitative estimate of drug-likeness (QED) is 0.802. The molecule has 0 unspecified atom stereocenters. The monoisotopic (exact) mass is 334 g/mol. The third-order valence-electron chi connectivity index (χ3n) is 2.91. The number of hydrogen-bond donors (Lipinski definition) is 2. The first kappa shape index (κ1) is 16.4. The standard InChI is InChI=1S/C13H15ClO6S/c1-17-12-11(10(16)9(15)6-18-12)20-13(21)19-8-4-2-7(14)3-5-8/h2-5,9-12,15-16H,6H2,1H3/t9-,10+,11-,12+/m1/s1. The van der Waals surface area contributed by atoms with E-state index in [9.17, 15) is 10.2 Å². The van der Waals surface area contributed by atoms with E-state index in [0.29, 0.717) is 10.8 Å². The lowest BCUT2D eigenvalue weighted by atomic mass is 10.1. The molecule has 1 aromatic carbocycles. The van der Waals surface area contributed by atoms with Gasteiger partial charge in [0.05, 0.1) is 6.61 Å². The van der Waals surface area contributed by atoms with Crippen molar-refractivity contribution >= 4 is 29.1 Å². The number of hydrogen-bond acceptors (Lipinski definition) is 7. The van der Waals surface area contributed by atoms with Gasteiger partial charge in [-0.1, -0.05) is 11.6 Å². The van der Waals surface area contributed by atoms with Crippen LogP contribution in [0.5, 0.6) is 5.75 Å². The maximum Gasteiger partial charge on any atom is 0.358 e. The van der Waals surface area contributed by atoms with Gasteiger partial charge in [-0.05, 0) is 24.3 Å². The predicted molar refractivity (Wildman–Crippen MR) is 78.3 cm³/mol. The van der Waals surface area contributed by atoms with Crippen LogP contribution in [-0.2, 0) is 14.2 Å². The summed E-state index contributed by atoms with van der Waals surface area (Å²) < 4.78 is 20.9. The van der Waals surface area contributed by atoms with Gasteiger partial charge in [0.15, 0.2) is 12.4 Å². The summed E-state index contributed by atoms with van der Waals surface area (Å²) in [5, 5.41) is 19.8. The van der Waals surface area contributed by atoms with E-state index in [2.05, 4.69) is 0 Å². The Morgan fingerprint density at radius 2 is 2.00 bits per heavy atom. The van der Waals surface area contributed by atoms with Crippen LogP contribution < -0.4 is 4.74 Å². The van der Waals surface area contributed by atoms with Crippen molar-refractivity contribution < 1.29 is 29.2 Å². The van der Waals surface area contributed by atoms with Gasteiger partial charge < -0.3 is 29.2 Å². The maximum atomic E-state index is 9.92. The number of rotatable bonds is 3. The summed E-state index contributed by atoms with van der Waals surface area (Å²) in [7, 11) is 1.40. The van der Waals surface area contributed by atoms with Gasteiger partial charge in [0.1, 0.15) is 18.0 Å². The summed E-state index contributed by atoms with van der Waals surface area (Å²) in [4.78, 5) is 0. The molecule has 0 amide bonds. The van der Waals surface area contributed by atoms with Crippen LogP contribution in [0, 0.1) is 0 Å².